The van der Waals surface area contributed by atoms with E-state index in [1.165, 1.54) is 92.0 Å². The molecule has 4 aromatic rings. The molecule has 0 amide bonds. The number of nitrogens with two attached hydrogens (primary N) is 1. The van der Waals surface area contributed by atoms with Crippen molar-refractivity contribution in [2.45, 2.75) is 118 Å². The maximum atomic E-state index is 6.70. The van der Waals surface area contributed by atoms with E-state index in [1.807, 2.05) is 6.08 Å². The number of unbranched alkanes of at least 4 members (excludes halogenated alkanes) is 6. The van der Waals surface area contributed by atoms with E-state index in [0.29, 0.717) is 11.8 Å². The summed E-state index contributed by atoms with van der Waals surface area (Å²) in [4.78, 5) is 0. The Hall–Kier alpha value is -4.04. The molecule has 3 atom stereocenters. The summed E-state index contributed by atoms with van der Waals surface area (Å²) in [5, 5.41) is 0. The molecule has 0 fully saturated rings. The van der Waals surface area contributed by atoms with E-state index >= 15 is 0 Å². The number of rotatable bonds is 17. The topological polar surface area (TPSA) is 35.2 Å². The third-order valence-corrected chi connectivity index (χ3v) is 10.9. The first-order valence-electron chi connectivity index (χ1n) is 19.7. The quantitative estimate of drug-likeness (QED) is 0.114. The molecule has 2 nitrogen and oxygen atoms in total. The maximum Gasteiger partial charge on any atom is 0.128 e. The minimum Gasteiger partial charge on any atom is -0.457 e. The second-order valence-electron chi connectivity index (χ2n) is 14.8. The van der Waals surface area contributed by atoms with Gasteiger partial charge in [-0.1, -0.05) is 159 Å². The van der Waals surface area contributed by atoms with Crippen molar-refractivity contribution < 1.29 is 4.74 Å². The Morgan fingerprint density at radius 2 is 1.28 bits per heavy atom. The Kier molecular flexibility index (Phi) is 14.0. The predicted octanol–water partition coefficient (Wildman–Crippen LogP) is 14.1. The lowest BCUT2D eigenvalue weighted by molar-refractivity contribution is 0.442. The van der Waals surface area contributed by atoms with E-state index in [0.717, 1.165) is 52.6 Å². The van der Waals surface area contributed by atoms with Crippen LogP contribution in [0.3, 0.4) is 0 Å². The molecule has 0 aliphatic heterocycles. The standard InChI is InChI=1S/C48H61NO/c1-6-9-11-12-14-18-38-20-24-40(25-21-38)42-31-43(41-26-22-39(23-27-41)30-37(8-3)17-13-10-7-2)33-45(32-42)50-44-28-29-46-36(5)35(4)16-15-19-48(49)47(46)34-44/h15-16,19-29,31-37H,6-14,17-18,30,49H2,1-5H3/b16-15-,48-19-. The summed E-state index contributed by atoms with van der Waals surface area (Å²) in [6.07, 6.45) is 21.7. The molecule has 2 heteroatoms. The lowest BCUT2D eigenvalue weighted by Crippen LogP contribution is -2.10. The summed E-state index contributed by atoms with van der Waals surface area (Å²) >= 11 is 0. The highest BCUT2D eigenvalue weighted by molar-refractivity contribution is 5.76. The van der Waals surface area contributed by atoms with Crippen LogP contribution in [0.1, 0.15) is 127 Å². The molecule has 0 aromatic heterocycles. The largest absolute Gasteiger partial charge is 0.457 e. The van der Waals surface area contributed by atoms with Crippen molar-refractivity contribution in [2.75, 3.05) is 0 Å². The van der Waals surface area contributed by atoms with Crippen LogP contribution in [0.25, 0.3) is 28.0 Å². The van der Waals surface area contributed by atoms with E-state index in [2.05, 4.69) is 132 Å². The summed E-state index contributed by atoms with van der Waals surface area (Å²) in [5.41, 5.74) is 17.3. The van der Waals surface area contributed by atoms with Gasteiger partial charge >= 0.3 is 0 Å². The minimum atomic E-state index is 0.365. The third-order valence-electron chi connectivity index (χ3n) is 10.9. The van der Waals surface area contributed by atoms with Gasteiger partial charge in [0.1, 0.15) is 11.5 Å². The number of aryl methyl sites for hydroxylation is 1. The number of ether oxygens (including phenoxy) is 1. The number of allylic oxidation sites excluding steroid dienone is 3. The van der Waals surface area contributed by atoms with Gasteiger partial charge in [-0.25, -0.2) is 0 Å². The number of fused-ring (bicyclic) bond motifs is 1. The van der Waals surface area contributed by atoms with Gasteiger partial charge in [0.15, 0.2) is 0 Å². The van der Waals surface area contributed by atoms with Crippen molar-refractivity contribution in [2.24, 2.45) is 17.6 Å². The molecule has 50 heavy (non-hydrogen) atoms. The molecule has 3 unspecified atom stereocenters. The Balaban J connectivity index is 1.43. The SMILES string of the molecule is CCCCCCCc1ccc(-c2cc(Oc3ccc4c(c3)/C(N)=C/C=C\C(C)C4C)cc(-c3ccc(CC(CC)CCCCC)cc3)c2)cc1. The van der Waals surface area contributed by atoms with Crippen LogP contribution in [0.5, 0.6) is 11.5 Å². The zero-order chi connectivity index (χ0) is 35.3. The smallest absolute Gasteiger partial charge is 0.128 e. The Bertz CT molecular complexity index is 1690. The van der Waals surface area contributed by atoms with Gasteiger partial charge in [0.05, 0.1) is 0 Å². The molecule has 0 radical (unpaired) electrons. The first-order valence-corrected chi connectivity index (χ1v) is 19.7. The van der Waals surface area contributed by atoms with Gasteiger partial charge in [-0.15, -0.1) is 0 Å². The summed E-state index contributed by atoms with van der Waals surface area (Å²) in [5.74, 6) is 3.18. The van der Waals surface area contributed by atoms with Crippen molar-refractivity contribution in [3.8, 4) is 33.8 Å². The fraction of sp³-hybridized carbons (Fsp3) is 0.417. The molecule has 5 rings (SSSR count). The zero-order valence-electron chi connectivity index (χ0n) is 31.5. The summed E-state index contributed by atoms with van der Waals surface area (Å²) in [7, 11) is 0. The molecule has 0 saturated heterocycles. The zero-order valence-corrected chi connectivity index (χ0v) is 31.5. The van der Waals surface area contributed by atoms with Gasteiger partial charge in [0, 0.05) is 11.3 Å². The van der Waals surface area contributed by atoms with Crippen molar-refractivity contribution in [3.05, 3.63) is 125 Å². The van der Waals surface area contributed by atoms with Gasteiger partial charge in [0.2, 0.25) is 0 Å². The van der Waals surface area contributed by atoms with Gasteiger partial charge < -0.3 is 10.5 Å². The highest BCUT2D eigenvalue weighted by Gasteiger charge is 2.19. The van der Waals surface area contributed by atoms with Crippen LogP contribution in [0.4, 0.5) is 0 Å². The van der Waals surface area contributed by atoms with Crippen LogP contribution in [-0.2, 0) is 12.8 Å². The minimum absolute atomic E-state index is 0.365. The van der Waals surface area contributed by atoms with Gasteiger partial charge in [0.25, 0.3) is 0 Å². The normalized spacial score (nSPS) is 18.0. The van der Waals surface area contributed by atoms with E-state index in [1.54, 1.807) is 0 Å². The first kappa shape index (κ1) is 37.2. The molecule has 2 N–H and O–H groups in total. The highest BCUT2D eigenvalue weighted by atomic mass is 16.5. The van der Waals surface area contributed by atoms with Gasteiger partial charge in [-0.3, -0.25) is 0 Å². The Labute approximate surface area is 303 Å². The van der Waals surface area contributed by atoms with Crippen LogP contribution >= 0.6 is 0 Å². The van der Waals surface area contributed by atoms with Crippen LogP contribution in [-0.4, -0.2) is 0 Å². The fourth-order valence-electron chi connectivity index (χ4n) is 7.34. The number of benzene rings is 4. The van der Waals surface area contributed by atoms with Crippen LogP contribution in [0, 0.1) is 11.8 Å². The molecule has 1 aliphatic carbocycles. The predicted molar refractivity (Wildman–Crippen MR) is 217 cm³/mol. The molecular formula is C48H61NO. The average molecular weight is 668 g/mol. The molecule has 1 aliphatic rings. The number of hydrogen-bond donors (Lipinski definition) is 1. The van der Waals surface area contributed by atoms with Crippen molar-refractivity contribution in [1.29, 1.82) is 0 Å². The number of hydrogen-bond acceptors (Lipinski definition) is 2. The van der Waals surface area contributed by atoms with E-state index in [-0.39, 0.29) is 0 Å². The average Bonchev–Trinajstić information content (AvgIpc) is 3.14. The van der Waals surface area contributed by atoms with Crippen molar-refractivity contribution in [3.63, 3.8) is 0 Å². The molecule has 0 heterocycles. The molecule has 0 spiro atoms. The molecule has 264 valence electrons. The maximum absolute atomic E-state index is 6.70. The van der Waals surface area contributed by atoms with E-state index in [4.69, 9.17) is 10.5 Å². The van der Waals surface area contributed by atoms with E-state index in [9.17, 15) is 0 Å². The molecule has 0 bridgehead atoms. The van der Waals surface area contributed by atoms with Gasteiger partial charge in [-0.05, 0) is 112 Å². The highest BCUT2D eigenvalue weighted by Crippen LogP contribution is 2.38. The third kappa shape index (κ3) is 10.3. The van der Waals surface area contributed by atoms with E-state index < -0.39 is 0 Å². The Morgan fingerprint density at radius 3 is 1.94 bits per heavy atom. The fourth-order valence-corrected chi connectivity index (χ4v) is 7.34. The monoisotopic (exact) mass is 667 g/mol. The molecule has 0 saturated carbocycles. The lowest BCUT2D eigenvalue weighted by atomic mass is 9.83. The van der Waals surface area contributed by atoms with Gasteiger partial charge in [-0.2, -0.15) is 0 Å². The summed E-state index contributed by atoms with van der Waals surface area (Å²) in [6.45, 7) is 11.4. The van der Waals surface area contributed by atoms with Crippen molar-refractivity contribution in [1.82, 2.24) is 0 Å². The molecule has 4 aromatic carbocycles. The van der Waals surface area contributed by atoms with Crippen molar-refractivity contribution >= 4 is 5.70 Å². The second-order valence-corrected chi connectivity index (χ2v) is 14.8. The van der Waals surface area contributed by atoms with Crippen LogP contribution < -0.4 is 10.5 Å². The molecular weight excluding hydrogens is 607 g/mol. The second kappa shape index (κ2) is 18.8. The van der Waals surface area contributed by atoms with Crippen LogP contribution in [0.15, 0.2) is 103 Å². The summed E-state index contributed by atoms with van der Waals surface area (Å²) in [6, 6.07) is 31.5. The van der Waals surface area contributed by atoms with Crippen LogP contribution in [0.2, 0.25) is 0 Å². The first-order chi connectivity index (χ1) is 24.4. The summed E-state index contributed by atoms with van der Waals surface area (Å²) < 4.78 is 6.70. The Morgan fingerprint density at radius 1 is 0.640 bits per heavy atom. The lowest BCUT2D eigenvalue weighted by Gasteiger charge is -2.23.